The minimum absolute atomic E-state index is 0.915. The molecule has 0 saturated heterocycles. The smallest absolute Gasteiger partial charge is 0.0454 e. The van der Waals surface area contributed by atoms with E-state index >= 15 is 0 Å². The van der Waals surface area contributed by atoms with Gasteiger partial charge in [0.15, 0.2) is 0 Å². The molecule has 0 amide bonds. The molecule has 1 aliphatic heterocycles. The lowest BCUT2D eigenvalue weighted by atomic mass is 10.3. The van der Waals surface area contributed by atoms with Crippen LogP contribution in [0, 0.1) is 0 Å². The van der Waals surface area contributed by atoms with Crippen molar-refractivity contribution in [3.8, 4) is 0 Å². The molecular weight excluding hydrogens is 176 g/mol. The van der Waals surface area contributed by atoms with Crippen LogP contribution in [0.25, 0.3) is 0 Å². The predicted molar refractivity (Wildman–Crippen MR) is 61.0 cm³/mol. The molecule has 1 aliphatic rings. The number of aliphatic imine (C=N–C) groups is 1. The van der Waals surface area contributed by atoms with E-state index in [-0.39, 0.29) is 0 Å². The summed E-state index contributed by atoms with van der Waals surface area (Å²) in [4.78, 5) is 4.33. The molecule has 0 radical (unpaired) electrons. The second-order valence-electron chi connectivity index (χ2n) is 3.53. The van der Waals surface area contributed by atoms with E-state index in [9.17, 15) is 0 Å². The van der Waals surface area contributed by atoms with Crippen molar-refractivity contribution in [2.24, 2.45) is 4.99 Å². The Morgan fingerprint density at radius 1 is 0.857 bits per heavy atom. The fourth-order valence-electron chi connectivity index (χ4n) is 1.38. The van der Waals surface area contributed by atoms with E-state index in [4.69, 9.17) is 0 Å². The average Bonchev–Trinajstić information content (AvgIpc) is 2.22. The summed E-state index contributed by atoms with van der Waals surface area (Å²) in [5.41, 5.74) is 0. The molecule has 1 rings (SSSR count). The van der Waals surface area contributed by atoms with Gasteiger partial charge in [0.1, 0.15) is 0 Å². The van der Waals surface area contributed by atoms with Crippen LogP contribution >= 0.6 is 0 Å². The second kappa shape index (κ2) is 9.12. The van der Waals surface area contributed by atoms with Crippen LogP contribution in [0.3, 0.4) is 0 Å². The van der Waals surface area contributed by atoms with Gasteiger partial charge in [-0.15, -0.1) is 0 Å². The zero-order chi connectivity index (χ0) is 9.90. The number of nitrogens with zero attached hydrogens (tertiary/aromatic N) is 1. The molecule has 1 heterocycles. The number of hydrogen-bond donors (Lipinski definition) is 3. The van der Waals surface area contributed by atoms with Gasteiger partial charge < -0.3 is 16.0 Å². The Morgan fingerprint density at radius 3 is 2.57 bits per heavy atom. The average molecular weight is 198 g/mol. The van der Waals surface area contributed by atoms with Gasteiger partial charge in [-0.2, -0.15) is 0 Å². The Bertz CT molecular complexity index is 131. The normalized spacial score (nSPS) is 22.9. The molecule has 14 heavy (non-hydrogen) atoms. The number of nitrogens with one attached hydrogen (secondary N) is 3. The zero-order valence-electron chi connectivity index (χ0n) is 8.89. The van der Waals surface area contributed by atoms with E-state index in [1.54, 1.807) is 0 Å². The first kappa shape index (κ1) is 11.6. The largest absolute Gasteiger partial charge is 0.312 e. The zero-order valence-corrected chi connectivity index (χ0v) is 8.89. The van der Waals surface area contributed by atoms with Crippen LogP contribution in [0.1, 0.15) is 19.3 Å². The standard InChI is InChI=1S/C10H22N4/c1-2-5-13-10-14-7-3-6-12-9-8-11-4-1/h8,12-14H,1-7,9-10H2. The summed E-state index contributed by atoms with van der Waals surface area (Å²) >= 11 is 0. The van der Waals surface area contributed by atoms with Crippen LogP contribution < -0.4 is 16.0 Å². The second-order valence-corrected chi connectivity index (χ2v) is 3.53. The van der Waals surface area contributed by atoms with Crippen molar-refractivity contribution in [3.63, 3.8) is 0 Å². The summed E-state index contributed by atoms with van der Waals surface area (Å²) in [7, 11) is 0. The molecule has 0 aliphatic carbocycles. The Labute approximate surface area is 86.6 Å². The highest BCUT2D eigenvalue weighted by molar-refractivity contribution is 5.59. The number of rotatable bonds is 0. The van der Waals surface area contributed by atoms with Crippen LogP contribution in [0.5, 0.6) is 0 Å². The molecule has 0 spiro atoms. The lowest BCUT2D eigenvalue weighted by molar-refractivity contribution is 0.543. The molecule has 0 aromatic heterocycles. The van der Waals surface area contributed by atoms with Gasteiger partial charge in [0.05, 0.1) is 0 Å². The van der Waals surface area contributed by atoms with Gasteiger partial charge in [0.2, 0.25) is 0 Å². The summed E-state index contributed by atoms with van der Waals surface area (Å²) in [5, 5.41) is 10.0. The minimum Gasteiger partial charge on any atom is -0.312 e. The van der Waals surface area contributed by atoms with E-state index in [2.05, 4.69) is 20.9 Å². The van der Waals surface area contributed by atoms with Crippen molar-refractivity contribution in [3.05, 3.63) is 0 Å². The SMILES string of the molecule is C1=NCCCCNCNCCCNC1. The van der Waals surface area contributed by atoms with Crippen molar-refractivity contribution in [2.45, 2.75) is 19.3 Å². The quantitative estimate of drug-likeness (QED) is 0.512. The maximum atomic E-state index is 4.33. The van der Waals surface area contributed by atoms with Gasteiger partial charge in [-0.1, -0.05) is 0 Å². The highest BCUT2D eigenvalue weighted by atomic mass is 15.1. The first-order chi connectivity index (χ1) is 7.00. The van der Waals surface area contributed by atoms with Gasteiger partial charge in [0, 0.05) is 26.0 Å². The first-order valence-corrected chi connectivity index (χ1v) is 5.60. The van der Waals surface area contributed by atoms with Crippen LogP contribution in [-0.4, -0.2) is 45.6 Å². The Kier molecular flexibility index (Phi) is 7.57. The van der Waals surface area contributed by atoms with Gasteiger partial charge in [-0.05, 0) is 38.9 Å². The lowest BCUT2D eigenvalue weighted by Crippen LogP contribution is -2.32. The van der Waals surface area contributed by atoms with Crippen LogP contribution in [0.15, 0.2) is 4.99 Å². The molecule has 0 bridgehead atoms. The molecule has 82 valence electrons. The fourth-order valence-corrected chi connectivity index (χ4v) is 1.38. The molecule has 0 aromatic carbocycles. The topological polar surface area (TPSA) is 48.5 Å². The van der Waals surface area contributed by atoms with Crippen molar-refractivity contribution in [2.75, 3.05) is 39.4 Å². The summed E-state index contributed by atoms with van der Waals surface area (Å²) in [5.74, 6) is 0. The third kappa shape index (κ3) is 7.00. The maximum absolute atomic E-state index is 4.33. The monoisotopic (exact) mass is 198 g/mol. The minimum atomic E-state index is 0.915. The molecule has 0 saturated carbocycles. The van der Waals surface area contributed by atoms with Crippen molar-refractivity contribution >= 4 is 6.21 Å². The third-order valence-electron chi connectivity index (χ3n) is 2.21. The van der Waals surface area contributed by atoms with Crippen LogP contribution in [-0.2, 0) is 0 Å². The van der Waals surface area contributed by atoms with E-state index in [1.165, 1.54) is 19.3 Å². The van der Waals surface area contributed by atoms with Gasteiger partial charge in [0.25, 0.3) is 0 Å². The van der Waals surface area contributed by atoms with E-state index in [0.29, 0.717) is 0 Å². The summed E-state index contributed by atoms with van der Waals surface area (Å²) in [6, 6.07) is 0. The maximum Gasteiger partial charge on any atom is 0.0454 e. The van der Waals surface area contributed by atoms with Crippen molar-refractivity contribution in [1.29, 1.82) is 0 Å². The first-order valence-electron chi connectivity index (χ1n) is 5.60. The lowest BCUT2D eigenvalue weighted by Gasteiger charge is -2.07. The molecular formula is C10H22N4. The molecule has 0 aromatic rings. The third-order valence-corrected chi connectivity index (χ3v) is 2.21. The summed E-state index contributed by atoms with van der Waals surface area (Å²) in [6.45, 7) is 6.06. The highest BCUT2D eigenvalue weighted by Gasteiger charge is 1.90. The molecule has 3 N–H and O–H groups in total. The van der Waals surface area contributed by atoms with E-state index in [0.717, 1.165) is 39.4 Å². The van der Waals surface area contributed by atoms with Gasteiger partial charge in [-0.3, -0.25) is 4.99 Å². The molecule has 4 heteroatoms. The van der Waals surface area contributed by atoms with Crippen molar-refractivity contribution in [1.82, 2.24) is 16.0 Å². The molecule has 0 unspecified atom stereocenters. The highest BCUT2D eigenvalue weighted by Crippen LogP contribution is 1.87. The van der Waals surface area contributed by atoms with Crippen LogP contribution in [0.4, 0.5) is 0 Å². The summed E-state index contributed by atoms with van der Waals surface area (Å²) < 4.78 is 0. The predicted octanol–water partition coefficient (Wildman–Crippen LogP) is -0.0326. The Balaban J connectivity index is 2.09. The van der Waals surface area contributed by atoms with E-state index < -0.39 is 0 Å². The van der Waals surface area contributed by atoms with Crippen LogP contribution in [0.2, 0.25) is 0 Å². The van der Waals surface area contributed by atoms with Gasteiger partial charge in [-0.25, -0.2) is 0 Å². The molecule has 0 atom stereocenters. The Morgan fingerprint density at radius 2 is 1.64 bits per heavy atom. The fraction of sp³-hybridized carbons (Fsp3) is 0.900. The molecule has 0 fully saturated rings. The van der Waals surface area contributed by atoms with Crippen molar-refractivity contribution < 1.29 is 0 Å². The number of hydrogen-bond acceptors (Lipinski definition) is 4. The summed E-state index contributed by atoms with van der Waals surface area (Å²) in [6.07, 6.45) is 5.57. The Hall–Kier alpha value is -0.450. The van der Waals surface area contributed by atoms with Gasteiger partial charge >= 0.3 is 0 Å². The molecule has 4 nitrogen and oxygen atoms in total. The van der Waals surface area contributed by atoms with E-state index in [1.807, 2.05) is 6.21 Å².